The van der Waals surface area contributed by atoms with Crippen LogP contribution in [0.4, 0.5) is 10.8 Å². The minimum Gasteiger partial charge on any atom is -0.462 e. The number of nitro groups is 1. The Morgan fingerprint density at radius 1 is 1.28 bits per heavy atom. The monoisotopic (exact) mass is 433 g/mol. The van der Waals surface area contributed by atoms with E-state index in [9.17, 15) is 19.7 Å². The largest absolute Gasteiger partial charge is 0.462 e. The molecule has 150 valence electrons. The Balaban J connectivity index is 1.76. The summed E-state index contributed by atoms with van der Waals surface area (Å²) in [5.41, 5.74) is 0.917. The summed E-state index contributed by atoms with van der Waals surface area (Å²) in [5.74, 6) is -0.944. The van der Waals surface area contributed by atoms with Gasteiger partial charge in [-0.2, -0.15) is 0 Å². The van der Waals surface area contributed by atoms with E-state index in [4.69, 9.17) is 16.3 Å². The van der Waals surface area contributed by atoms with Crippen LogP contribution in [-0.4, -0.2) is 28.4 Å². The summed E-state index contributed by atoms with van der Waals surface area (Å²) < 4.78 is 5.91. The van der Waals surface area contributed by atoms with Gasteiger partial charge in [-0.3, -0.25) is 20.2 Å². The molecule has 2 aromatic carbocycles. The predicted molar refractivity (Wildman–Crippen MR) is 111 cm³/mol. The Hall–Kier alpha value is -3.04. The topological polar surface area (TPSA) is 111 Å². The highest BCUT2D eigenvalue weighted by Gasteiger charge is 2.17. The SMILES string of the molecule is CCCCOC(=O)c1ccc2nc(NC(=O)c3ccc([N+](=O)[O-])cc3Cl)sc2c1. The van der Waals surface area contributed by atoms with Crippen molar-refractivity contribution in [2.24, 2.45) is 0 Å². The molecule has 3 rings (SSSR count). The zero-order chi connectivity index (χ0) is 21.0. The van der Waals surface area contributed by atoms with E-state index >= 15 is 0 Å². The van der Waals surface area contributed by atoms with Gasteiger partial charge in [0.05, 0.1) is 37.9 Å². The number of esters is 1. The minimum atomic E-state index is -0.591. The summed E-state index contributed by atoms with van der Waals surface area (Å²) in [6.07, 6.45) is 1.74. The van der Waals surface area contributed by atoms with Crippen molar-refractivity contribution in [3.8, 4) is 0 Å². The summed E-state index contributed by atoms with van der Waals surface area (Å²) in [5, 5.41) is 13.7. The first-order chi connectivity index (χ1) is 13.9. The number of ether oxygens (including phenoxy) is 1. The number of fused-ring (bicyclic) bond motifs is 1. The molecule has 1 aromatic heterocycles. The van der Waals surface area contributed by atoms with Crippen LogP contribution < -0.4 is 5.32 Å². The summed E-state index contributed by atoms with van der Waals surface area (Å²) in [7, 11) is 0. The molecule has 10 heteroatoms. The fourth-order valence-corrected chi connectivity index (χ4v) is 3.62. The number of carbonyl (C=O) groups excluding carboxylic acids is 2. The molecule has 1 N–H and O–H groups in total. The smallest absolute Gasteiger partial charge is 0.338 e. The standard InChI is InChI=1S/C19H16ClN3O5S/c1-2-3-8-28-18(25)11-4-7-15-16(9-11)29-19(21-15)22-17(24)13-6-5-12(23(26)27)10-14(13)20/h4-7,9-10H,2-3,8H2,1H3,(H,21,22,24). The molecule has 0 aliphatic heterocycles. The molecule has 0 saturated carbocycles. The number of aromatic nitrogens is 1. The van der Waals surface area contributed by atoms with Crippen molar-refractivity contribution in [3.63, 3.8) is 0 Å². The lowest BCUT2D eigenvalue weighted by Crippen LogP contribution is -2.12. The van der Waals surface area contributed by atoms with Gasteiger partial charge in [-0.1, -0.05) is 36.3 Å². The molecule has 0 radical (unpaired) electrons. The van der Waals surface area contributed by atoms with Gasteiger partial charge in [0.2, 0.25) is 0 Å². The summed E-state index contributed by atoms with van der Waals surface area (Å²) >= 11 is 7.18. The van der Waals surface area contributed by atoms with Crippen molar-refractivity contribution in [2.45, 2.75) is 19.8 Å². The van der Waals surface area contributed by atoms with Crippen LogP contribution in [0.3, 0.4) is 0 Å². The van der Waals surface area contributed by atoms with E-state index < -0.39 is 16.8 Å². The van der Waals surface area contributed by atoms with E-state index in [0.717, 1.165) is 18.9 Å². The van der Waals surface area contributed by atoms with Crippen LogP contribution in [0.1, 0.15) is 40.5 Å². The van der Waals surface area contributed by atoms with Crippen molar-refractivity contribution in [2.75, 3.05) is 11.9 Å². The molecule has 0 fully saturated rings. The molecule has 0 aliphatic carbocycles. The third-order valence-electron chi connectivity index (χ3n) is 3.98. The molecule has 0 spiro atoms. The summed E-state index contributed by atoms with van der Waals surface area (Å²) in [4.78, 5) is 39.0. The fraction of sp³-hybridized carbons (Fsp3) is 0.211. The van der Waals surface area contributed by atoms with Gasteiger partial charge >= 0.3 is 5.97 Å². The Bertz CT molecular complexity index is 1100. The molecule has 1 amide bonds. The number of thiazole rings is 1. The average Bonchev–Trinajstić information content (AvgIpc) is 3.09. The molecule has 0 unspecified atom stereocenters. The van der Waals surface area contributed by atoms with E-state index in [-0.39, 0.29) is 16.3 Å². The number of non-ortho nitro benzene ring substituents is 1. The van der Waals surface area contributed by atoms with E-state index in [2.05, 4.69) is 10.3 Å². The second-order valence-electron chi connectivity index (χ2n) is 6.07. The highest BCUT2D eigenvalue weighted by atomic mass is 35.5. The van der Waals surface area contributed by atoms with E-state index in [0.29, 0.717) is 27.5 Å². The molecule has 29 heavy (non-hydrogen) atoms. The number of anilines is 1. The zero-order valence-electron chi connectivity index (χ0n) is 15.3. The van der Waals surface area contributed by atoms with Crippen molar-refractivity contribution in [3.05, 3.63) is 62.7 Å². The van der Waals surface area contributed by atoms with Crippen molar-refractivity contribution >= 4 is 55.8 Å². The van der Waals surface area contributed by atoms with Gasteiger partial charge in [0.15, 0.2) is 5.13 Å². The van der Waals surface area contributed by atoms with Crippen molar-refractivity contribution in [1.82, 2.24) is 4.98 Å². The maximum atomic E-state index is 12.4. The third kappa shape index (κ3) is 4.87. The lowest BCUT2D eigenvalue weighted by atomic mass is 10.2. The maximum absolute atomic E-state index is 12.4. The van der Waals surface area contributed by atoms with Crippen molar-refractivity contribution < 1.29 is 19.2 Å². The highest BCUT2D eigenvalue weighted by molar-refractivity contribution is 7.22. The Kier molecular flexibility index (Phi) is 6.40. The van der Waals surface area contributed by atoms with E-state index in [1.54, 1.807) is 18.2 Å². The van der Waals surface area contributed by atoms with Gasteiger partial charge in [-0.25, -0.2) is 9.78 Å². The quantitative estimate of drug-likeness (QED) is 0.241. The van der Waals surface area contributed by atoms with Crippen LogP contribution in [-0.2, 0) is 4.74 Å². The summed E-state index contributed by atoms with van der Waals surface area (Å²) in [6, 6.07) is 8.57. The number of hydrogen-bond acceptors (Lipinski definition) is 7. The lowest BCUT2D eigenvalue weighted by Gasteiger charge is -2.03. The Labute approximate surface area is 174 Å². The highest BCUT2D eigenvalue weighted by Crippen LogP contribution is 2.29. The molecule has 0 saturated heterocycles. The number of carbonyl (C=O) groups is 2. The van der Waals surface area contributed by atoms with Gasteiger partial charge in [-0.15, -0.1) is 0 Å². The maximum Gasteiger partial charge on any atom is 0.338 e. The molecule has 3 aromatic rings. The number of rotatable bonds is 7. The Morgan fingerprint density at radius 2 is 2.07 bits per heavy atom. The van der Waals surface area contributed by atoms with Gasteiger partial charge in [-0.05, 0) is 30.7 Å². The molecule has 8 nitrogen and oxygen atoms in total. The molecule has 0 bridgehead atoms. The van der Waals surface area contributed by atoms with Crippen LogP contribution in [0.25, 0.3) is 10.2 Å². The average molecular weight is 434 g/mol. The minimum absolute atomic E-state index is 0.0325. The van der Waals surface area contributed by atoms with Crippen molar-refractivity contribution in [1.29, 1.82) is 0 Å². The molecule has 0 atom stereocenters. The number of amides is 1. The van der Waals surface area contributed by atoms with Gasteiger partial charge in [0, 0.05) is 12.1 Å². The predicted octanol–water partition coefficient (Wildman–Crippen LogP) is 5.07. The second kappa shape index (κ2) is 8.97. The van der Waals surface area contributed by atoms with Crippen LogP contribution in [0, 0.1) is 10.1 Å². The third-order valence-corrected chi connectivity index (χ3v) is 5.23. The first-order valence-electron chi connectivity index (χ1n) is 8.72. The number of nitro benzene ring substituents is 1. The number of nitrogens with one attached hydrogen (secondary N) is 1. The number of hydrogen-bond donors (Lipinski definition) is 1. The second-order valence-corrected chi connectivity index (χ2v) is 7.50. The number of unbranched alkanes of at least 4 members (excludes halogenated alkanes) is 1. The molecular formula is C19H16ClN3O5S. The van der Waals surface area contributed by atoms with E-state index in [1.807, 2.05) is 6.92 Å². The normalized spacial score (nSPS) is 10.7. The van der Waals surface area contributed by atoms with E-state index in [1.165, 1.54) is 23.5 Å². The number of nitrogens with zero attached hydrogens (tertiary/aromatic N) is 2. The van der Waals surface area contributed by atoms with Crippen LogP contribution in [0.2, 0.25) is 5.02 Å². The molecule has 1 heterocycles. The van der Waals surface area contributed by atoms with Gasteiger partial charge in [0.25, 0.3) is 11.6 Å². The number of halogens is 1. The van der Waals surface area contributed by atoms with Crippen LogP contribution in [0.15, 0.2) is 36.4 Å². The van der Waals surface area contributed by atoms with Crippen LogP contribution >= 0.6 is 22.9 Å². The van der Waals surface area contributed by atoms with Gasteiger partial charge < -0.3 is 4.74 Å². The first kappa shape index (κ1) is 20.7. The lowest BCUT2D eigenvalue weighted by molar-refractivity contribution is -0.384. The van der Waals surface area contributed by atoms with Crippen LogP contribution in [0.5, 0.6) is 0 Å². The fourth-order valence-electron chi connectivity index (χ4n) is 2.46. The molecular weight excluding hydrogens is 418 g/mol. The zero-order valence-corrected chi connectivity index (χ0v) is 16.9. The first-order valence-corrected chi connectivity index (χ1v) is 9.91. The van der Waals surface area contributed by atoms with Gasteiger partial charge in [0.1, 0.15) is 0 Å². The number of benzene rings is 2. The molecule has 0 aliphatic rings. The summed E-state index contributed by atoms with van der Waals surface area (Å²) in [6.45, 7) is 2.38. The Morgan fingerprint density at radius 3 is 2.76 bits per heavy atom.